The third kappa shape index (κ3) is 4.29. The Morgan fingerprint density at radius 1 is 1.39 bits per heavy atom. The molecule has 9 nitrogen and oxygen atoms in total. The van der Waals surface area contributed by atoms with E-state index in [-0.39, 0.29) is 23.6 Å². The first-order valence-electron chi connectivity index (χ1n) is 12.2. The van der Waals surface area contributed by atoms with Gasteiger partial charge in [0.2, 0.25) is 15.8 Å². The Kier molecular flexibility index (Phi) is 7.01. The van der Waals surface area contributed by atoms with Gasteiger partial charge in [-0.15, -0.1) is 0 Å². The van der Waals surface area contributed by atoms with Gasteiger partial charge in [-0.25, -0.2) is 4.57 Å². The van der Waals surface area contributed by atoms with Crippen LogP contribution in [0.4, 0.5) is 0 Å². The number of thiazole rings is 1. The van der Waals surface area contributed by atoms with Gasteiger partial charge in [-0.3, -0.25) is 4.79 Å². The third-order valence-corrected chi connectivity index (χ3v) is 9.77. The van der Waals surface area contributed by atoms with E-state index in [4.69, 9.17) is 18.0 Å². The number of carboxylic acids is 1. The van der Waals surface area contributed by atoms with Crippen LogP contribution < -0.4 is 15.4 Å². The standard InChI is InChI=1S/C26H29N5O4S3/c1-13-18(21(25(34)35)31-20(13)19(14(2)32)22(31)33)17-11-30-12-29(23(37-4)24(30)38-17)10-16-7-5-6-15(8-16)9-28(3)26(27)36/h5-8,11-14,19-20,32H,9-10H2,1-4H3,(H2-,27,34,35,36)/t13-,14+,19+,20+/m0/s1. The van der Waals surface area contributed by atoms with E-state index in [0.717, 1.165) is 25.9 Å². The molecule has 4 atom stereocenters. The van der Waals surface area contributed by atoms with Crippen LogP contribution in [0.2, 0.25) is 0 Å². The number of carboxylic acid groups (broad SMARTS) is 1. The van der Waals surface area contributed by atoms with Gasteiger partial charge in [0.15, 0.2) is 5.11 Å². The molecule has 1 fully saturated rings. The van der Waals surface area contributed by atoms with Gasteiger partial charge >= 0.3 is 0 Å². The average Bonchev–Trinajstić information content (AvgIpc) is 3.46. The molecule has 2 aliphatic heterocycles. The molecule has 0 radical (unpaired) electrons. The number of fused-ring (bicyclic) bond motifs is 2. The van der Waals surface area contributed by atoms with Gasteiger partial charge in [0.1, 0.15) is 12.7 Å². The number of nitrogens with two attached hydrogens (primary N) is 1. The molecule has 0 spiro atoms. The highest BCUT2D eigenvalue weighted by Crippen LogP contribution is 2.51. The van der Waals surface area contributed by atoms with Crippen molar-refractivity contribution in [1.82, 2.24) is 14.2 Å². The molecule has 0 bridgehead atoms. The maximum absolute atomic E-state index is 12.7. The number of benzene rings is 1. The van der Waals surface area contributed by atoms with Gasteiger partial charge in [0.05, 0.1) is 34.6 Å². The van der Waals surface area contributed by atoms with E-state index in [1.807, 2.05) is 54.2 Å². The summed E-state index contributed by atoms with van der Waals surface area (Å²) in [6.07, 6.45) is 5.10. The average molecular weight is 572 g/mol. The van der Waals surface area contributed by atoms with Crippen molar-refractivity contribution in [2.75, 3.05) is 13.3 Å². The van der Waals surface area contributed by atoms with Crippen LogP contribution >= 0.6 is 35.3 Å². The summed E-state index contributed by atoms with van der Waals surface area (Å²) in [5.41, 5.74) is 8.49. The molecule has 3 aromatic rings. The zero-order valence-corrected chi connectivity index (χ0v) is 23.9. The minimum absolute atomic E-state index is 0.0776. The molecule has 1 saturated heterocycles. The second kappa shape index (κ2) is 9.99. The van der Waals surface area contributed by atoms with Crippen molar-refractivity contribution in [3.8, 4) is 0 Å². The maximum Gasteiger partial charge on any atom is 0.250 e. The number of hydrogen-bond donors (Lipinski definition) is 2. The number of aliphatic hydroxyl groups excluding tert-OH is 1. The minimum atomic E-state index is -1.37. The van der Waals surface area contributed by atoms with E-state index < -0.39 is 18.0 Å². The molecule has 4 heterocycles. The number of imidazole rings is 1. The molecule has 1 amide bonds. The molecular weight excluding hydrogens is 543 g/mol. The Balaban J connectivity index is 1.48. The maximum atomic E-state index is 12.7. The molecule has 1 aromatic carbocycles. The minimum Gasteiger partial charge on any atom is -0.543 e. The molecule has 5 rings (SSSR count). The van der Waals surface area contributed by atoms with Crippen molar-refractivity contribution < 1.29 is 24.4 Å². The van der Waals surface area contributed by atoms with E-state index in [9.17, 15) is 19.8 Å². The molecule has 200 valence electrons. The Hall–Kier alpha value is -2.93. The zero-order valence-electron chi connectivity index (χ0n) is 21.5. The first-order valence-corrected chi connectivity index (χ1v) is 14.6. The number of hydrogen-bond acceptors (Lipinski definition) is 7. The summed E-state index contributed by atoms with van der Waals surface area (Å²) in [6.45, 7) is 4.77. The molecular formula is C26H29N5O4S3. The number of carbonyl (C=O) groups is 2. The topological polar surface area (TPSA) is 118 Å². The third-order valence-electron chi connectivity index (χ3n) is 7.37. The van der Waals surface area contributed by atoms with Gasteiger partial charge in [-0.2, -0.15) is 4.40 Å². The SMILES string of the molecule is CSc1c2sc(C3=C(C(=O)[O-])N4C(=O)[C@H]([C@@H](C)O)[C@H]4[C@H]3C)cn2c[n+]1Cc1cccc(CN(C)C(N)=S)c1. The number of aromatic nitrogens is 2. The number of rotatable bonds is 8. The van der Waals surface area contributed by atoms with Crippen LogP contribution in [0, 0.1) is 11.8 Å². The summed E-state index contributed by atoms with van der Waals surface area (Å²) in [5, 5.41) is 23.7. The van der Waals surface area contributed by atoms with Gasteiger partial charge in [0, 0.05) is 25.1 Å². The highest BCUT2D eigenvalue weighted by atomic mass is 32.2. The van der Waals surface area contributed by atoms with Gasteiger partial charge in [0.25, 0.3) is 6.33 Å². The number of carbonyl (C=O) groups excluding carboxylic acids is 2. The fraction of sp³-hybridized carbons (Fsp3) is 0.385. The van der Waals surface area contributed by atoms with Crippen LogP contribution in [0.15, 0.2) is 47.5 Å². The zero-order chi connectivity index (χ0) is 27.5. The van der Waals surface area contributed by atoms with Gasteiger partial charge in [-0.05, 0) is 36.5 Å². The molecule has 0 aliphatic carbocycles. The van der Waals surface area contributed by atoms with E-state index in [2.05, 4.69) is 16.7 Å². The fourth-order valence-electron chi connectivity index (χ4n) is 5.63. The predicted octanol–water partition coefficient (Wildman–Crippen LogP) is 1.05. The van der Waals surface area contributed by atoms with Crippen LogP contribution in [0.1, 0.15) is 29.9 Å². The summed E-state index contributed by atoms with van der Waals surface area (Å²) in [6, 6.07) is 7.91. The smallest absolute Gasteiger partial charge is 0.250 e. The molecule has 2 aliphatic rings. The van der Waals surface area contributed by atoms with Crippen LogP contribution in [-0.2, 0) is 22.7 Å². The lowest BCUT2D eigenvalue weighted by molar-refractivity contribution is -0.721. The second-order valence-corrected chi connectivity index (χ2v) is 12.1. The highest BCUT2D eigenvalue weighted by molar-refractivity contribution is 7.98. The molecule has 12 heteroatoms. The van der Waals surface area contributed by atoms with Gasteiger partial charge < -0.3 is 30.5 Å². The number of aliphatic carboxylic acids is 1. The molecule has 3 N–H and O–H groups in total. The number of thioether (sulfide) groups is 1. The highest BCUT2D eigenvalue weighted by Gasteiger charge is 2.59. The second-order valence-electron chi connectivity index (χ2n) is 9.88. The molecule has 0 unspecified atom stereocenters. The summed E-state index contributed by atoms with van der Waals surface area (Å²) in [7, 11) is 1.87. The van der Waals surface area contributed by atoms with Crippen molar-refractivity contribution in [2.24, 2.45) is 17.6 Å². The Morgan fingerprint density at radius 2 is 2.11 bits per heavy atom. The van der Waals surface area contributed by atoms with Crippen molar-refractivity contribution >= 4 is 62.7 Å². The van der Waals surface area contributed by atoms with Crippen LogP contribution in [0.3, 0.4) is 0 Å². The number of β-lactam (4-membered cyclic amide) rings is 1. The largest absolute Gasteiger partial charge is 0.543 e. The normalized spacial score (nSPS) is 21.6. The summed E-state index contributed by atoms with van der Waals surface area (Å²) in [5.74, 6) is -2.58. The summed E-state index contributed by atoms with van der Waals surface area (Å²) < 4.78 is 4.18. The predicted molar refractivity (Wildman–Crippen MR) is 148 cm³/mol. The lowest BCUT2D eigenvalue weighted by atomic mass is 9.77. The van der Waals surface area contributed by atoms with Crippen molar-refractivity contribution in [3.63, 3.8) is 0 Å². The fourth-order valence-corrected chi connectivity index (χ4v) is 7.88. The summed E-state index contributed by atoms with van der Waals surface area (Å²) >= 11 is 8.17. The molecule has 38 heavy (non-hydrogen) atoms. The molecule has 0 saturated carbocycles. The lowest BCUT2D eigenvalue weighted by Crippen LogP contribution is -2.64. The molecule has 2 aromatic heterocycles. The first-order chi connectivity index (χ1) is 18.0. The monoisotopic (exact) mass is 571 g/mol. The van der Waals surface area contributed by atoms with Crippen LogP contribution in [-0.4, -0.2) is 61.7 Å². The van der Waals surface area contributed by atoms with E-state index in [1.54, 1.807) is 18.7 Å². The van der Waals surface area contributed by atoms with E-state index in [1.165, 1.54) is 16.2 Å². The van der Waals surface area contributed by atoms with Crippen molar-refractivity contribution in [1.29, 1.82) is 0 Å². The van der Waals surface area contributed by atoms with Gasteiger partial charge in [-0.1, -0.05) is 54.3 Å². The number of aliphatic hydroxyl groups is 1. The lowest BCUT2D eigenvalue weighted by Gasteiger charge is -2.47. The van der Waals surface area contributed by atoms with E-state index in [0.29, 0.717) is 23.8 Å². The Bertz CT molecular complexity index is 1490. The van der Waals surface area contributed by atoms with Crippen LogP contribution in [0.25, 0.3) is 10.4 Å². The van der Waals surface area contributed by atoms with Crippen LogP contribution in [0.5, 0.6) is 0 Å². The van der Waals surface area contributed by atoms with Crippen molar-refractivity contribution in [2.45, 2.75) is 44.1 Å². The Morgan fingerprint density at radius 3 is 2.74 bits per heavy atom. The number of amides is 1. The number of nitrogens with zero attached hydrogens (tertiary/aromatic N) is 4. The quantitative estimate of drug-likeness (QED) is 0.178. The van der Waals surface area contributed by atoms with Crippen molar-refractivity contribution in [3.05, 3.63) is 58.5 Å². The first kappa shape index (κ1) is 26.7. The summed E-state index contributed by atoms with van der Waals surface area (Å²) in [4.78, 5) is 29.7. The number of thiocarbonyl (C=S) groups is 1. The van der Waals surface area contributed by atoms with E-state index >= 15 is 0 Å². The Labute approximate surface area is 234 Å².